The molecule has 6 heteroatoms. The van der Waals surface area contributed by atoms with Gasteiger partial charge in [0.25, 0.3) is 0 Å². The molecule has 0 saturated carbocycles. The molecule has 0 aliphatic heterocycles. The highest BCUT2D eigenvalue weighted by atomic mass is 32.2. The van der Waals surface area contributed by atoms with Crippen molar-refractivity contribution in [2.45, 2.75) is 37.7 Å². The van der Waals surface area contributed by atoms with E-state index in [2.05, 4.69) is 39.0 Å². The normalized spacial score (nSPS) is 11.0. The van der Waals surface area contributed by atoms with Gasteiger partial charge in [0.15, 0.2) is 5.16 Å². The predicted molar refractivity (Wildman–Crippen MR) is 85.7 cm³/mol. The Bertz CT molecular complexity index is 736. The highest BCUT2D eigenvalue weighted by Crippen LogP contribution is 2.22. The lowest BCUT2D eigenvalue weighted by atomic mass is 10.1. The lowest BCUT2D eigenvalue weighted by Gasteiger charge is -2.06. The average Bonchev–Trinajstić information content (AvgIpc) is 3.12. The zero-order chi connectivity index (χ0) is 15.4. The second kappa shape index (κ2) is 6.79. The van der Waals surface area contributed by atoms with Gasteiger partial charge in [0.05, 0.1) is 5.69 Å². The monoisotopic (exact) mass is 314 g/mol. The van der Waals surface area contributed by atoms with Gasteiger partial charge < -0.3 is 9.09 Å². The first-order chi connectivity index (χ1) is 10.8. The van der Waals surface area contributed by atoms with E-state index in [-0.39, 0.29) is 0 Å². The summed E-state index contributed by atoms with van der Waals surface area (Å²) in [4.78, 5) is 0. The number of thioether (sulfide) groups is 1. The van der Waals surface area contributed by atoms with Gasteiger partial charge in [-0.05, 0) is 19.4 Å². The van der Waals surface area contributed by atoms with Crippen molar-refractivity contribution < 1.29 is 4.52 Å². The van der Waals surface area contributed by atoms with Crippen molar-refractivity contribution in [2.75, 3.05) is 0 Å². The summed E-state index contributed by atoms with van der Waals surface area (Å²) in [5.41, 5.74) is 2.17. The molecule has 0 amide bonds. The van der Waals surface area contributed by atoms with Crippen molar-refractivity contribution in [1.82, 2.24) is 19.9 Å². The molecule has 0 N–H and O–H groups in total. The van der Waals surface area contributed by atoms with E-state index in [1.54, 1.807) is 11.8 Å². The average molecular weight is 314 g/mol. The summed E-state index contributed by atoms with van der Waals surface area (Å²) in [5.74, 6) is 2.56. The second-order valence-electron chi connectivity index (χ2n) is 5.02. The van der Waals surface area contributed by atoms with E-state index in [1.165, 1.54) is 5.56 Å². The molecule has 0 aliphatic rings. The van der Waals surface area contributed by atoms with Gasteiger partial charge in [-0.25, -0.2) is 0 Å². The molecular weight excluding hydrogens is 296 g/mol. The van der Waals surface area contributed by atoms with Crippen molar-refractivity contribution >= 4 is 11.8 Å². The fourth-order valence-electron chi connectivity index (χ4n) is 2.28. The smallest absolute Gasteiger partial charge is 0.191 e. The molecule has 5 nitrogen and oxygen atoms in total. The fourth-order valence-corrected chi connectivity index (χ4v) is 3.18. The highest BCUT2D eigenvalue weighted by molar-refractivity contribution is 7.98. The van der Waals surface area contributed by atoms with Crippen LogP contribution < -0.4 is 0 Å². The van der Waals surface area contributed by atoms with Gasteiger partial charge in [0, 0.05) is 24.8 Å². The lowest BCUT2D eigenvalue weighted by Crippen LogP contribution is -2.04. The minimum atomic E-state index is 0.737. The number of rotatable bonds is 6. The fraction of sp³-hybridized carbons (Fsp3) is 0.312. The molecule has 0 radical (unpaired) electrons. The van der Waals surface area contributed by atoms with Crippen LogP contribution in [-0.2, 0) is 18.7 Å². The summed E-state index contributed by atoms with van der Waals surface area (Å²) in [6, 6.07) is 12.3. The van der Waals surface area contributed by atoms with Gasteiger partial charge in [-0.2, -0.15) is 0 Å². The molecule has 0 saturated heterocycles. The van der Waals surface area contributed by atoms with Gasteiger partial charge in [-0.1, -0.05) is 47.3 Å². The number of aromatic nitrogens is 4. The van der Waals surface area contributed by atoms with Crippen molar-refractivity contribution in [2.24, 2.45) is 0 Å². The molecule has 0 atom stereocenters. The van der Waals surface area contributed by atoms with Crippen molar-refractivity contribution in [3.05, 3.63) is 59.2 Å². The molecule has 0 aliphatic carbocycles. The molecule has 3 rings (SSSR count). The first kappa shape index (κ1) is 14.8. The van der Waals surface area contributed by atoms with Crippen LogP contribution in [0.2, 0.25) is 0 Å². The number of aryl methyl sites for hydroxylation is 1. The number of nitrogens with zero attached hydrogens (tertiary/aromatic N) is 4. The summed E-state index contributed by atoms with van der Waals surface area (Å²) in [6.07, 6.45) is 0.797. The van der Waals surface area contributed by atoms with Gasteiger partial charge in [-0.3, -0.25) is 0 Å². The Balaban J connectivity index is 1.72. The van der Waals surface area contributed by atoms with Crippen LogP contribution in [0.3, 0.4) is 0 Å². The van der Waals surface area contributed by atoms with Crippen LogP contribution in [0.25, 0.3) is 0 Å². The summed E-state index contributed by atoms with van der Waals surface area (Å²) in [7, 11) is 0. The van der Waals surface area contributed by atoms with Crippen LogP contribution in [0, 0.1) is 6.92 Å². The van der Waals surface area contributed by atoms with Crippen molar-refractivity contribution in [3.8, 4) is 0 Å². The molecule has 0 unspecified atom stereocenters. The zero-order valence-electron chi connectivity index (χ0n) is 12.7. The third-order valence-corrected chi connectivity index (χ3v) is 4.34. The second-order valence-corrected chi connectivity index (χ2v) is 5.97. The maximum Gasteiger partial charge on any atom is 0.191 e. The Morgan fingerprint density at radius 2 is 2.00 bits per heavy atom. The third-order valence-electron chi connectivity index (χ3n) is 3.34. The third kappa shape index (κ3) is 3.39. The van der Waals surface area contributed by atoms with E-state index in [1.807, 2.05) is 31.2 Å². The molecule has 0 spiro atoms. The Hall–Kier alpha value is -2.08. The van der Waals surface area contributed by atoms with E-state index < -0.39 is 0 Å². The molecular formula is C16H18N4OS. The summed E-state index contributed by atoms with van der Waals surface area (Å²) in [5, 5.41) is 13.6. The summed E-state index contributed by atoms with van der Waals surface area (Å²) in [6.45, 7) is 4.87. The molecule has 2 heterocycles. The van der Waals surface area contributed by atoms with Crippen LogP contribution in [0.15, 0.2) is 46.1 Å². The van der Waals surface area contributed by atoms with Gasteiger partial charge >= 0.3 is 0 Å². The van der Waals surface area contributed by atoms with Gasteiger partial charge in [0.2, 0.25) is 0 Å². The first-order valence-electron chi connectivity index (χ1n) is 7.27. The first-order valence-corrected chi connectivity index (χ1v) is 8.26. The standard InChI is InChI=1S/C16H18N4OS/c1-3-20-15(10-13-7-5-4-6-8-13)17-18-16(20)22-11-14-9-12(2)21-19-14/h4-9H,3,10-11H2,1-2H3. The Kier molecular flexibility index (Phi) is 4.58. The van der Waals surface area contributed by atoms with Crippen LogP contribution in [0.4, 0.5) is 0 Å². The maximum atomic E-state index is 5.09. The minimum Gasteiger partial charge on any atom is -0.361 e. The van der Waals surface area contributed by atoms with E-state index in [0.717, 1.165) is 41.2 Å². The SMILES string of the molecule is CCn1c(Cc2ccccc2)nnc1SCc1cc(C)on1. The largest absolute Gasteiger partial charge is 0.361 e. The zero-order valence-corrected chi connectivity index (χ0v) is 13.5. The quantitative estimate of drug-likeness (QED) is 0.652. The van der Waals surface area contributed by atoms with Crippen LogP contribution in [0.1, 0.15) is 29.8 Å². The van der Waals surface area contributed by atoms with E-state index >= 15 is 0 Å². The molecule has 0 bridgehead atoms. The van der Waals surface area contributed by atoms with Crippen LogP contribution in [-0.4, -0.2) is 19.9 Å². The van der Waals surface area contributed by atoms with Crippen LogP contribution in [0.5, 0.6) is 0 Å². The van der Waals surface area contributed by atoms with Crippen LogP contribution >= 0.6 is 11.8 Å². The van der Waals surface area contributed by atoms with E-state index in [4.69, 9.17) is 4.52 Å². The van der Waals surface area contributed by atoms with Gasteiger partial charge in [0.1, 0.15) is 11.6 Å². The van der Waals surface area contributed by atoms with Gasteiger partial charge in [-0.15, -0.1) is 10.2 Å². The minimum absolute atomic E-state index is 0.737. The molecule has 1 aromatic carbocycles. The van der Waals surface area contributed by atoms with Crippen molar-refractivity contribution in [1.29, 1.82) is 0 Å². The maximum absolute atomic E-state index is 5.09. The predicted octanol–water partition coefficient (Wildman–Crippen LogP) is 3.48. The van der Waals surface area contributed by atoms with E-state index in [9.17, 15) is 0 Å². The van der Waals surface area contributed by atoms with E-state index in [0.29, 0.717) is 0 Å². The summed E-state index contributed by atoms with van der Waals surface area (Å²) >= 11 is 1.64. The Labute approximate surface area is 133 Å². The highest BCUT2D eigenvalue weighted by Gasteiger charge is 2.12. The topological polar surface area (TPSA) is 56.7 Å². The number of hydrogen-bond acceptors (Lipinski definition) is 5. The molecule has 3 aromatic rings. The number of benzene rings is 1. The molecule has 114 valence electrons. The molecule has 0 fully saturated rings. The summed E-state index contributed by atoms with van der Waals surface area (Å²) < 4.78 is 7.24. The molecule has 2 aromatic heterocycles. The van der Waals surface area contributed by atoms with Crippen molar-refractivity contribution in [3.63, 3.8) is 0 Å². The number of hydrogen-bond donors (Lipinski definition) is 0. The Morgan fingerprint density at radius 1 is 1.18 bits per heavy atom. The molecule has 22 heavy (non-hydrogen) atoms. The Morgan fingerprint density at radius 3 is 2.68 bits per heavy atom. The lowest BCUT2D eigenvalue weighted by molar-refractivity contribution is 0.393.